The first-order valence-electron chi connectivity index (χ1n) is 6.38. The van der Waals surface area contributed by atoms with Crippen LogP contribution in [0.25, 0.3) is 0 Å². The van der Waals surface area contributed by atoms with Gasteiger partial charge in [0.25, 0.3) is 0 Å². The maximum absolute atomic E-state index is 9.15. The Morgan fingerprint density at radius 2 is 2.00 bits per heavy atom. The molecule has 0 radical (unpaired) electrons. The maximum Gasteiger partial charge on any atom is 0.123 e. The lowest BCUT2D eigenvalue weighted by molar-refractivity contribution is 0.296. The first-order chi connectivity index (χ1) is 9.11. The normalized spacial score (nSPS) is 10.2. The van der Waals surface area contributed by atoms with E-state index in [9.17, 15) is 0 Å². The quantitative estimate of drug-likeness (QED) is 0.839. The van der Waals surface area contributed by atoms with Gasteiger partial charge in [-0.25, -0.2) is 0 Å². The smallest absolute Gasteiger partial charge is 0.123 e. The van der Waals surface area contributed by atoms with Crippen LogP contribution in [0.15, 0.2) is 30.3 Å². The molecule has 98 valence electrons. The molecule has 19 heavy (non-hydrogen) atoms. The Labute approximate surface area is 114 Å². The van der Waals surface area contributed by atoms with Crippen molar-refractivity contribution in [3.63, 3.8) is 0 Å². The monoisotopic (exact) mass is 254 g/mol. The predicted molar refractivity (Wildman–Crippen MR) is 75.3 cm³/mol. The van der Waals surface area contributed by atoms with Gasteiger partial charge >= 0.3 is 0 Å². The number of aromatic nitrogens is 1. The summed E-state index contributed by atoms with van der Waals surface area (Å²) in [6.07, 6.45) is 0. The number of benzene rings is 1. The van der Waals surface area contributed by atoms with Crippen LogP contribution in [0, 0.1) is 32.1 Å². The molecule has 1 heterocycles. The molecule has 0 bridgehead atoms. The van der Waals surface area contributed by atoms with Gasteiger partial charge in [0, 0.05) is 5.69 Å². The lowest BCUT2D eigenvalue weighted by Gasteiger charge is -2.10. The molecule has 2 aromatic rings. The topological polar surface area (TPSA) is 38.0 Å². The highest BCUT2D eigenvalue weighted by Gasteiger charge is 2.08. The van der Waals surface area contributed by atoms with Gasteiger partial charge in [0.15, 0.2) is 0 Å². The molecule has 0 aliphatic rings. The van der Waals surface area contributed by atoms with E-state index in [2.05, 4.69) is 6.07 Å². The molecule has 2 rings (SSSR count). The van der Waals surface area contributed by atoms with Crippen LogP contribution in [0.3, 0.4) is 0 Å². The largest absolute Gasteiger partial charge is 0.492 e. The second-order valence-electron chi connectivity index (χ2n) is 4.75. The SMILES string of the molecule is Cc1cccc(OCCn2c(C)cc(C)c2C#N)c1. The molecule has 0 aliphatic carbocycles. The van der Waals surface area contributed by atoms with E-state index in [0.29, 0.717) is 13.2 Å². The third-order valence-corrected chi connectivity index (χ3v) is 3.17. The molecule has 0 saturated heterocycles. The van der Waals surface area contributed by atoms with Crippen LogP contribution in [-0.2, 0) is 6.54 Å². The van der Waals surface area contributed by atoms with Crippen LogP contribution in [0.1, 0.15) is 22.5 Å². The fourth-order valence-corrected chi connectivity index (χ4v) is 2.25. The summed E-state index contributed by atoms with van der Waals surface area (Å²) in [6.45, 7) is 7.27. The summed E-state index contributed by atoms with van der Waals surface area (Å²) in [7, 11) is 0. The van der Waals surface area contributed by atoms with Crippen LogP contribution in [0.4, 0.5) is 0 Å². The Hall–Kier alpha value is -2.21. The Balaban J connectivity index is 2.02. The molecule has 0 atom stereocenters. The zero-order valence-corrected chi connectivity index (χ0v) is 11.6. The predicted octanol–water partition coefficient (Wildman–Crippen LogP) is 3.36. The minimum Gasteiger partial charge on any atom is -0.492 e. The fraction of sp³-hybridized carbons (Fsp3) is 0.312. The van der Waals surface area contributed by atoms with E-state index >= 15 is 0 Å². The second kappa shape index (κ2) is 5.62. The van der Waals surface area contributed by atoms with Gasteiger partial charge < -0.3 is 9.30 Å². The van der Waals surface area contributed by atoms with E-state index in [1.165, 1.54) is 5.56 Å². The molecule has 0 amide bonds. The number of ether oxygens (including phenoxy) is 1. The second-order valence-corrected chi connectivity index (χ2v) is 4.75. The summed E-state index contributed by atoms with van der Waals surface area (Å²) >= 11 is 0. The molecular formula is C16H18N2O. The summed E-state index contributed by atoms with van der Waals surface area (Å²) in [5.74, 6) is 0.875. The van der Waals surface area contributed by atoms with Crippen molar-refractivity contribution in [3.8, 4) is 11.8 Å². The molecule has 3 heteroatoms. The highest BCUT2D eigenvalue weighted by molar-refractivity contribution is 5.35. The minimum absolute atomic E-state index is 0.563. The minimum atomic E-state index is 0.563. The molecule has 0 aliphatic heterocycles. The van der Waals surface area contributed by atoms with Gasteiger partial charge in [-0.3, -0.25) is 0 Å². The van der Waals surface area contributed by atoms with Crippen molar-refractivity contribution < 1.29 is 4.74 Å². The number of nitrogens with zero attached hydrogens (tertiary/aromatic N) is 2. The Morgan fingerprint density at radius 1 is 1.21 bits per heavy atom. The molecule has 1 aromatic carbocycles. The van der Waals surface area contributed by atoms with Gasteiger partial charge in [-0.1, -0.05) is 12.1 Å². The molecule has 1 aromatic heterocycles. The first-order valence-corrected chi connectivity index (χ1v) is 6.38. The average molecular weight is 254 g/mol. The number of aryl methyl sites for hydroxylation is 3. The van der Waals surface area contributed by atoms with Crippen molar-refractivity contribution >= 4 is 0 Å². The summed E-state index contributed by atoms with van der Waals surface area (Å²) in [4.78, 5) is 0. The van der Waals surface area contributed by atoms with E-state index in [1.807, 2.05) is 55.7 Å². The Kier molecular flexibility index (Phi) is 3.91. The van der Waals surface area contributed by atoms with Crippen LogP contribution in [0.5, 0.6) is 5.75 Å². The Morgan fingerprint density at radius 3 is 2.68 bits per heavy atom. The van der Waals surface area contributed by atoms with Crippen molar-refractivity contribution in [2.45, 2.75) is 27.3 Å². The van der Waals surface area contributed by atoms with E-state index in [1.54, 1.807) is 0 Å². The number of rotatable bonds is 4. The fourth-order valence-electron chi connectivity index (χ4n) is 2.25. The van der Waals surface area contributed by atoms with Gasteiger partial charge in [-0.2, -0.15) is 5.26 Å². The highest BCUT2D eigenvalue weighted by Crippen LogP contribution is 2.15. The number of nitriles is 1. The number of hydrogen-bond donors (Lipinski definition) is 0. The molecule has 0 unspecified atom stereocenters. The highest BCUT2D eigenvalue weighted by atomic mass is 16.5. The van der Waals surface area contributed by atoms with Gasteiger partial charge in [-0.05, 0) is 50.1 Å². The molecule has 0 fully saturated rings. The molecular weight excluding hydrogens is 236 g/mol. The van der Waals surface area contributed by atoms with Crippen LogP contribution in [0.2, 0.25) is 0 Å². The zero-order valence-electron chi connectivity index (χ0n) is 11.6. The van der Waals surface area contributed by atoms with E-state index in [-0.39, 0.29) is 0 Å². The molecule has 0 saturated carbocycles. The van der Waals surface area contributed by atoms with Crippen molar-refractivity contribution in [1.82, 2.24) is 4.57 Å². The van der Waals surface area contributed by atoms with Crippen molar-refractivity contribution in [1.29, 1.82) is 5.26 Å². The molecule has 3 nitrogen and oxygen atoms in total. The first kappa shape index (κ1) is 13.2. The summed E-state index contributed by atoms with van der Waals surface area (Å²) in [5, 5.41) is 9.15. The third-order valence-electron chi connectivity index (χ3n) is 3.17. The summed E-state index contributed by atoms with van der Waals surface area (Å²) < 4.78 is 7.73. The lowest BCUT2D eigenvalue weighted by atomic mass is 10.2. The average Bonchev–Trinajstić information content (AvgIpc) is 2.64. The number of hydrogen-bond acceptors (Lipinski definition) is 2. The van der Waals surface area contributed by atoms with Gasteiger partial charge in [-0.15, -0.1) is 0 Å². The van der Waals surface area contributed by atoms with Gasteiger partial charge in [0.2, 0.25) is 0 Å². The van der Waals surface area contributed by atoms with E-state index in [4.69, 9.17) is 10.00 Å². The van der Waals surface area contributed by atoms with Crippen LogP contribution < -0.4 is 4.74 Å². The summed E-state index contributed by atoms with van der Waals surface area (Å²) in [5.41, 5.74) is 4.03. The van der Waals surface area contributed by atoms with Gasteiger partial charge in [0.1, 0.15) is 24.1 Å². The van der Waals surface area contributed by atoms with E-state index < -0.39 is 0 Å². The van der Waals surface area contributed by atoms with E-state index in [0.717, 1.165) is 22.7 Å². The molecule has 0 N–H and O–H groups in total. The van der Waals surface area contributed by atoms with Crippen LogP contribution in [-0.4, -0.2) is 11.2 Å². The lowest BCUT2D eigenvalue weighted by Crippen LogP contribution is -2.11. The Bertz CT molecular complexity index is 620. The van der Waals surface area contributed by atoms with Gasteiger partial charge in [0.05, 0.1) is 6.54 Å². The zero-order chi connectivity index (χ0) is 13.8. The standard InChI is InChI=1S/C16H18N2O/c1-12-5-4-6-15(9-12)19-8-7-18-14(3)10-13(2)16(18)11-17/h4-6,9-10H,7-8H2,1-3H3. The van der Waals surface area contributed by atoms with Crippen molar-refractivity contribution in [2.24, 2.45) is 0 Å². The van der Waals surface area contributed by atoms with Crippen molar-refractivity contribution in [3.05, 3.63) is 52.8 Å². The summed E-state index contributed by atoms with van der Waals surface area (Å²) in [6, 6.07) is 12.3. The van der Waals surface area contributed by atoms with Crippen molar-refractivity contribution in [2.75, 3.05) is 6.61 Å². The maximum atomic E-state index is 9.15. The van der Waals surface area contributed by atoms with Crippen LogP contribution >= 0.6 is 0 Å². The molecule has 0 spiro atoms. The third kappa shape index (κ3) is 2.97.